The Morgan fingerprint density at radius 1 is 0.612 bits per heavy atom. The van der Waals surface area contributed by atoms with Crippen LogP contribution >= 0.6 is 0 Å². The van der Waals surface area contributed by atoms with Gasteiger partial charge in [0.15, 0.2) is 25.0 Å². The Morgan fingerprint density at radius 3 is 1.65 bits per heavy atom. The predicted molar refractivity (Wildman–Crippen MR) is 146 cm³/mol. The molecule has 49 heavy (non-hydrogen) atoms. The number of rotatable bonds is 14. The SMILES string of the molecule is CC(=O)NC1[C@@H](O[C@@H]2C(OC=O)O[C@@H](O[C@@H]3C(CO)O[C@@H](CN)C3O)C(O)[C@H]2O)OC(CO)[C@@H](O[C@@H]2OC(OC=O)[C@@H](O)[C@H](O)C2O)[C@@H]1O. The van der Waals surface area contributed by atoms with Crippen molar-refractivity contribution in [3.8, 4) is 0 Å². The average molecular weight is 719 g/mol. The number of nitrogens with one attached hydrogen (secondary N) is 1. The zero-order valence-corrected chi connectivity index (χ0v) is 25.7. The Kier molecular flexibility index (Phi) is 13.9. The maximum atomic E-state index is 12.1. The van der Waals surface area contributed by atoms with Crippen molar-refractivity contribution in [2.45, 2.75) is 124 Å². The summed E-state index contributed by atoms with van der Waals surface area (Å²) in [6, 6.07) is -1.64. The number of nitrogens with two attached hydrogens (primary N) is 1. The number of ether oxygens (including phenoxy) is 9. The molecule has 23 nitrogen and oxygen atoms in total. The molecule has 282 valence electrons. The minimum atomic E-state index is -2.03. The first-order valence-electron chi connectivity index (χ1n) is 15.0. The van der Waals surface area contributed by atoms with Gasteiger partial charge in [-0.2, -0.15) is 0 Å². The molecule has 19 atom stereocenters. The van der Waals surface area contributed by atoms with Crippen LogP contribution in [0.5, 0.6) is 0 Å². The lowest BCUT2D eigenvalue weighted by Gasteiger charge is -2.49. The molecule has 0 aromatic carbocycles. The molecule has 4 aliphatic heterocycles. The molecule has 0 bridgehead atoms. The van der Waals surface area contributed by atoms with Crippen LogP contribution in [0, 0.1) is 0 Å². The number of carbonyl (C=O) groups excluding carboxylic acids is 3. The Hall–Kier alpha value is -2.27. The van der Waals surface area contributed by atoms with Gasteiger partial charge in [-0.15, -0.1) is 0 Å². The highest BCUT2D eigenvalue weighted by molar-refractivity contribution is 5.73. The third-order valence-corrected chi connectivity index (χ3v) is 8.35. The summed E-state index contributed by atoms with van der Waals surface area (Å²) in [5.41, 5.74) is 5.56. The second kappa shape index (κ2) is 17.3. The Labute approximate surface area is 276 Å². The Morgan fingerprint density at radius 2 is 1.10 bits per heavy atom. The fourth-order valence-electron chi connectivity index (χ4n) is 5.85. The third kappa shape index (κ3) is 8.45. The van der Waals surface area contributed by atoms with E-state index in [9.17, 15) is 60.3 Å². The molecular weight excluding hydrogens is 676 g/mol. The van der Waals surface area contributed by atoms with E-state index < -0.39 is 136 Å². The fraction of sp³-hybridized carbons (Fsp3) is 0.885. The van der Waals surface area contributed by atoms with E-state index >= 15 is 0 Å². The lowest BCUT2D eigenvalue weighted by molar-refractivity contribution is -0.392. The van der Waals surface area contributed by atoms with Crippen LogP contribution in [0.4, 0.5) is 0 Å². The van der Waals surface area contributed by atoms with E-state index in [2.05, 4.69) is 10.1 Å². The number of hydrogen-bond donors (Lipinski definition) is 11. The van der Waals surface area contributed by atoms with Crippen LogP contribution in [0.25, 0.3) is 0 Å². The van der Waals surface area contributed by atoms with E-state index in [4.69, 9.17) is 43.6 Å². The van der Waals surface area contributed by atoms with Gasteiger partial charge in [0.25, 0.3) is 12.9 Å². The molecule has 4 rings (SSSR count). The molecule has 4 heterocycles. The highest BCUT2D eigenvalue weighted by Crippen LogP contribution is 2.34. The topological polar surface area (TPSA) is 354 Å². The zero-order valence-electron chi connectivity index (χ0n) is 25.7. The maximum Gasteiger partial charge on any atom is 0.295 e. The minimum absolute atomic E-state index is 0.0955. The molecule has 0 aromatic rings. The summed E-state index contributed by atoms with van der Waals surface area (Å²) < 4.78 is 48.3. The van der Waals surface area contributed by atoms with Crippen molar-refractivity contribution in [3.05, 3.63) is 0 Å². The van der Waals surface area contributed by atoms with Gasteiger partial charge in [-0.05, 0) is 0 Å². The van der Waals surface area contributed by atoms with Gasteiger partial charge < -0.3 is 99.6 Å². The highest BCUT2D eigenvalue weighted by atomic mass is 16.8. The Bertz CT molecular complexity index is 1090. The second-order valence-electron chi connectivity index (χ2n) is 11.5. The first-order valence-corrected chi connectivity index (χ1v) is 15.0. The van der Waals surface area contributed by atoms with E-state index in [-0.39, 0.29) is 19.5 Å². The van der Waals surface area contributed by atoms with Gasteiger partial charge in [0, 0.05) is 13.5 Å². The summed E-state index contributed by atoms with van der Waals surface area (Å²) in [5.74, 6) is -0.768. The van der Waals surface area contributed by atoms with E-state index in [1.165, 1.54) is 0 Å². The zero-order chi connectivity index (χ0) is 36.2. The van der Waals surface area contributed by atoms with Gasteiger partial charge in [0.05, 0.1) is 19.3 Å². The van der Waals surface area contributed by atoms with Crippen LogP contribution in [0.15, 0.2) is 0 Å². The van der Waals surface area contributed by atoms with Crippen molar-refractivity contribution in [3.63, 3.8) is 0 Å². The molecule has 0 aromatic heterocycles. The molecule has 0 aliphatic carbocycles. The number of amides is 1. The summed E-state index contributed by atoms with van der Waals surface area (Å²) in [5, 5.41) is 96.5. The van der Waals surface area contributed by atoms with E-state index in [0.717, 1.165) is 6.92 Å². The van der Waals surface area contributed by atoms with Gasteiger partial charge in [0.2, 0.25) is 18.5 Å². The normalized spacial score (nSPS) is 47.3. The van der Waals surface area contributed by atoms with E-state index in [0.29, 0.717) is 0 Å². The fourth-order valence-corrected chi connectivity index (χ4v) is 5.85. The number of aliphatic hydroxyl groups excluding tert-OH is 9. The lowest BCUT2D eigenvalue weighted by Crippen LogP contribution is -2.69. The lowest BCUT2D eigenvalue weighted by atomic mass is 9.95. The molecule has 4 fully saturated rings. The first-order chi connectivity index (χ1) is 23.3. The summed E-state index contributed by atoms with van der Waals surface area (Å²) >= 11 is 0. The first kappa shape index (κ1) is 39.5. The van der Waals surface area contributed by atoms with Crippen molar-refractivity contribution in [2.75, 3.05) is 19.8 Å². The van der Waals surface area contributed by atoms with E-state index in [1.54, 1.807) is 0 Å². The number of aliphatic hydroxyl groups is 9. The van der Waals surface area contributed by atoms with Gasteiger partial charge in [-0.25, -0.2) is 0 Å². The molecule has 0 spiro atoms. The third-order valence-electron chi connectivity index (χ3n) is 8.35. The van der Waals surface area contributed by atoms with Crippen molar-refractivity contribution < 1.29 is 103 Å². The Balaban J connectivity index is 1.53. The van der Waals surface area contributed by atoms with E-state index in [1.807, 2.05) is 0 Å². The second-order valence-corrected chi connectivity index (χ2v) is 11.5. The van der Waals surface area contributed by atoms with Crippen LogP contribution in [0.1, 0.15) is 6.92 Å². The standard InChI is InChI=1S/C26H42N2O21/c1-7(33)28-11-13(35)20(46-24-17(39)14(36)16(38)23(48-24)41-5-31)10(4-30)44-22(11)47-21-15(37)18(40)25(49-26(21)42-6-32)45-19-9(3-29)43-8(2-27)12(19)34/h5-6,8-26,29-30,34-40H,2-4,27H2,1H3,(H,28,33)/t8-,9?,10?,11?,12?,13+,14-,15+,16-,17?,18?,19+,20+,21-,22+,23?,24+,25+,26?/m0/s1. The molecule has 23 heteroatoms. The summed E-state index contributed by atoms with van der Waals surface area (Å²) in [4.78, 5) is 34.3. The summed E-state index contributed by atoms with van der Waals surface area (Å²) in [7, 11) is 0. The van der Waals surface area contributed by atoms with Gasteiger partial charge in [-0.3, -0.25) is 14.4 Å². The van der Waals surface area contributed by atoms with Crippen LogP contribution in [-0.4, -0.2) is 201 Å². The van der Waals surface area contributed by atoms with Crippen molar-refractivity contribution >= 4 is 18.9 Å². The summed E-state index contributed by atoms with van der Waals surface area (Å²) in [6.07, 6.45) is -31.0. The minimum Gasteiger partial charge on any atom is -0.435 e. The van der Waals surface area contributed by atoms with Crippen molar-refractivity contribution in [2.24, 2.45) is 5.73 Å². The van der Waals surface area contributed by atoms with Crippen LogP contribution in [0.2, 0.25) is 0 Å². The predicted octanol–water partition coefficient (Wildman–Crippen LogP) is -8.68. The molecule has 0 radical (unpaired) electrons. The van der Waals surface area contributed by atoms with Crippen LogP contribution in [-0.2, 0) is 57.0 Å². The number of carbonyl (C=O) groups is 3. The molecule has 12 N–H and O–H groups in total. The van der Waals surface area contributed by atoms with Crippen LogP contribution in [0.3, 0.4) is 0 Å². The van der Waals surface area contributed by atoms with Gasteiger partial charge in [0.1, 0.15) is 73.2 Å². The monoisotopic (exact) mass is 718 g/mol. The maximum absolute atomic E-state index is 12.1. The summed E-state index contributed by atoms with van der Waals surface area (Å²) in [6.45, 7) is -0.877. The molecular formula is C26H42N2O21. The molecule has 8 unspecified atom stereocenters. The highest BCUT2D eigenvalue weighted by Gasteiger charge is 2.56. The smallest absolute Gasteiger partial charge is 0.295 e. The van der Waals surface area contributed by atoms with Gasteiger partial charge in [-0.1, -0.05) is 0 Å². The van der Waals surface area contributed by atoms with Crippen molar-refractivity contribution in [1.82, 2.24) is 5.32 Å². The van der Waals surface area contributed by atoms with Gasteiger partial charge >= 0.3 is 0 Å². The molecule has 4 saturated heterocycles. The average Bonchev–Trinajstić information content (AvgIpc) is 3.38. The quantitative estimate of drug-likeness (QED) is 0.0743. The largest absolute Gasteiger partial charge is 0.435 e. The molecule has 1 amide bonds. The molecule has 0 saturated carbocycles. The molecule has 4 aliphatic rings. The number of hydrogen-bond acceptors (Lipinski definition) is 22. The van der Waals surface area contributed by atoms with Crippen molar-refractivity contribution in [1.29, 1.82) is 0 Å². The van der Waals surface area contributed by atoms with Crippen LogP contribution < -0.4 is 11.1 Å².